The lowest BCUT2D eigenvalue weighted by Crippen LogP contribution is -2.53. The van der Waals surface area contributed by atoms with Gasteiger partial charge in [0.25, 0.3) is 0 Å². The molecule has 6 nitrogen and oxygen atoms in total. The molecular formula is C20H26F2N6S. The molecule has 1 aliphatic carbocycles. The molecule has 0 spiro atoms. The fourth-order valence-electron chi connectivity index (χ4n) is 3.72. The molecule has 2 atom stereocenters. The van der Waals surface area contributed by atoms with Crippen molar-refractivity contribution in [2.75, 3.05) is 37.6 Å². The van der Waals surface area contributed by atoms with Crippen molar-refractivity contribution < 1.29 is 8.78 Å². The SMILES string of the molecule is CCN=C(NC1CC1c1c(F)cccc1F)N1CCN(c2nc(CC)ns2)CC1. The molecular weight excluding hydrogens is 394 g/mol. The lowest BCUT2D eigenvalue weighted by Gasteiger charge is -2.36. The summed E-state index contributed by atoms with van der Waals surface area (Å²) in [4.78, 5) is 13.7. The summed E-state index contributed by atoms with van der Waals surface area (Å²) in [6.07, 6.45) is 1.56. The zero-order chi connectivity index (χ0) is 20.4. The maximum Gasteiger partial charge on any atom is 0.205 e. The number of aryl methyl sites for hydroxylation is 1. The van der Waals surface area contributed by atoms with Crippen LogP contribution >= 0.6 is 11.5 Å². The molecule has 0 bridgehead atoms. The number of piperazine rings is 1. The van der Waals surface area contributed by atoms with Crippen LogP contribution in [-0.2, 0) is 6.42 Å². The normalized spacial score (nSPS) is 22.1. The third kappa shape index (κ3) is 4.34. The van der Waals surface area contributed by atoms with Crippen molar-refractivity contribution >= 4 is 22.6 Å². The van der Waals surface area contributed by atoms with Crippen molar-refractivity contribution in [1.29, 1.82) is 0 Å². The van der Waals surface area contributed by atoms with E-state index in [-0.39, 0.29) is 17.5 Å². The summed E-state index contributed by atoms with van der Waals surface area (Å²) in [5.41, 5.74) is 0.189. The van der Waals surface area contributed by atoms with E-state index in [9.17, 15) is 8.78 Å². The van der Waals surface area contributed by atoms with Crippen LogP contribution in [0.3, 0.4) is 0 Å². The lowest BCUT2D eigenvalue weighted by molar-refractivity contribution is 0.371. The number of nitrogens with one attached hydrogen (secondary N) is 1. The Labute approximate surface area is 173 Å². The van der Waals surface area contributed by atoms with Gasteiger partial charge < -0.3 is 15.1 Å². The minimum Gasteiger partial charge on any atom is -0.353 e. The van der Waals surface area contributed by atoms with Crippen LogP contribution in [0.4, 0.5) is 13.9 Å². The van der Waals surface area contributed by atoms with E-state index in [1.165, 1.54) is 29.7 Å². The zero-order valence-corrected chi connectivity index (χ0v) is 17.6. The Kier molecular flexibility index (Phi) is 5.94. The topological polar surface area (TPSA) is 56.7 Å². The smallest absolute Gasteiger partial charge is 0.205 e. The number of hydrogen-bond donors (Lipinski definition) is 1. The average molecular weight is 421 g/mol. The standard InChI is InChI=1S/C20H26F2N6S/c1-3-17-25-20(29-26-17)28-10-8-27(9-11-28)19(23-4-2)24-16-12-13(16)18-14(21)6-5-7-15(18)22/h5-7,13,16H,3-4,8-12H2,1-2H3,(H,23,24). The molecule has 2 aromatic rings. The highest BCUT2D eigenvalue weighted by atomic mass is 32.1. The third-order valence-electron chi connectivity index (χ3n) is 5.41. The quantitative estimate of drug-likeness (QED) is 0.595. The molecule has 2 heterocycles. The molecule has 1 saturated heterocycles. The monoisotopic (exact) mass is 420 g/mol. The molecule has 2 unspecified atom stereocenters. The first-order valence-electron chi connectivity index (χ1n) is 10.2. The van der Waals surface area contributed by atoms with Gasteiger partial charge in [0.2, 0.25) is 5.13 Å². The van der Waals surface area contributed by atoms with Gasteiger partial charge in [-0.15, -0.1) is 0 Å². The number of hydrogen-bond acceptors (Lipinski definition) is 5. The predicted molar refractivity (Wildman–Crippen MR) is 112 cm³/mol. The Bertz CT molecular complexity index is 857. The molecule has 4 rings (SSSR count). The minimum absolute atomic E-state index is 0.0139. The van der Waals surface area contributed by atoms with Crippen LogP contribution in [0.15, 0.2) is 23.2 Å². The van der Waals surface area contributed by atoms with Crippen molar-refractivity contribution in [1.82, 2.24) is 19.6 Å². The van der Waals surface area contributed by atoms with Crippen LogP contribution in [0.25, 0.3) is 0 Å². The van der Waals surface area contributed by atoms with Crippen LogP contribution < -0.4 is 10.2 Å². The Morgan fingerprint density at radius 2 is 1.93 bits per heavy atom. The predicted octanol–water partition coefficient (Wildman–Crippen LogP) is 3.02. The van der Waals surface area contributed by atoms with Gasteiger partial charge in [0.15, 0.2) is 5.96 Å². The Balaban J connectivity index is 1.36. The number of benzene rings is 1. The molecule has 1 aromatic heterocycles. The van der Waals surface area contributed by atoms with Crippen LogP contribution in [0.2, 0.25) is 0 Å². The first-order valence-corrected chi connectivity index (χ1v) is 10.9. The number of guanidine groups is 1. The molecule has 29 heavy (non-hydrogen) atoms. The molecule has 1 aromatic carbocycles. The largest absolute Gasteiger partial charge is 0.353 e. The van der Waals surface area contributed by atoms with Crippen molar-refractivity contribution in [3.63, 3.8) is 0 Å². The van der Waals surface area contributed by atoms with Gasteiger partial charge in [-0.05, 0) is 25.5 Å². The van der Waals surface area contributed by atoms with E-state index in [2.05, 4.69) is 36.4 Å². The van der Waals surface area contributed by atoms with Gasteiger partial charge >= 0.3 is 0 Å². The van der Waals surface area contributed by atoms with Crippen molar-refractivity contribution in [2.45, 2.75) is 38.6 Å². The van der Waals surface area contributed by atoms with Crippen molar-refractivity contribution in [3.8, 4) is 0 Å². The molecule has 1 aliphatic heterocycles. The van der Waals surface area contributed by atoms with Crippen LogP contribution in [0.1, 0.15) is 37.6 Å². The molecule has 9 heteroatoms. The fraction of sp³-hybridized carbons (Fsp3) is 0.550. The minimum atomic E-state index is -0.467. The van der Waals surface area contributed by atoms with Crippen LogP contribution in [-0.4, -0.2) is 59.0 Å². The highest BCUT2D eigenvalue weighted by molar-refractivity contribution is 7.09. The summed E-state index contributed by atoms with van der Waals surface area (Å²) in [6, 6.07) is 4.07. The zero-order valence-electron chi connectivity index (χ0n) is 16.7. The summed E-state index contributed by atoms with van der Waals surface area (Å²) in [6.45, 7) is 8.03. The molecule has 1 saturated carbocycles. The summed E-state index contributed by atoms with van der Waals surface area (Å²) in [7, 11) is 0. The summed E-state index contributed by atoms with van der Waals surface area (Å²) in [5, 5.41) is 4.40. The highest BCUT2D eigenvalue weighted by Gasteiger charge is 2.43. The summed E-state index contributed by atoms with van der Waals surface area (Å²) in [5.74, 6) is 0.634. The maximum atomic E-state index is 14.1. The van der Waals surface area contributed by atoms with E-state index in [1.807, 2.05) is 6.92 Å². The summed E-state index contributed by atoms with van der Waals surface area (Å²) >= 11 is 1.45. The molecule has 156 valence electrons. The van der Waals surface area contributed by atoms with Crippen LogP contribution in [0, 0.1) is 11.6 Å². The average Bonchev–Trinajstić information content (AvgIpc) is 3.29. The lowest BCUT2D eigenvalue weighted by atomic mass is 10.1. The first kappa shape index (κ1) is 20.0. The fourth-order valence-corrected chi connectivity index (χ4v) is 4.52. The van der Waals surface area contributed by atoms with Gasteiger partial charge in [0.1, 0.15) is 17.5 Å². The number of aliphatic imine (C=N–C) groups is 1. The van der Waals surface area contributed by atoms with Crippen molar-refractivity contribution in [3.05, 3.63) is 41.2 Å². The highest BCUT2D eigenvalue weighted by Crippen LogP contribution is 2.43. The number of aromatic nitrogens is 2. The van der Waals surface area contributed by atoms with E-state index >= 15 is 0 Å². The number of nitrogens with zero attached hydrogens (tertiary/aromatic N) is 5. The second-order valence-corrected chi connectivity index (χ2v) is 8.08. The molecule has 2 fully saturated rings. The van der Waals surface area contributed by atoms with E-state index < -0.39 is 11.6 Å². The van der Waals surface area contributed by atoms with Gasteiger partial charge in [0, 0.05) is 68.2 Å². The molecule has 1 N–H and O–H groups in total. The second-order valence-electron chi connectivity index (χ2n) is 7.35. The first-order chi connectivity index (χ1) is 14.1. The van der Waals surface area contributed by atoms with Gasteiger partial charge in [-0.1, -0.05) is 13.0 Å². The number of rotatable bonds is 5. The summed E-state index contributed by atoms with van der Waals surface area (Å²) < 4.78 is 32.5. The van der Waals surface area contributed by atoms with Gasteiger partial charge in [-0.3, -0.25) is 4.99 Å². The van der Waals surface area contributed by atoms with Gasteiger partial charge in [-0.2, -0.15) is 4.37 Å². The molecule has 0 radical (unpaired) electrons. The molecule has 0 amide bonds. The maximum absolute atomic E-state index is 14.1. The van der Waals surface area contributed by atoms with E-state index in [4.69, 9.17) is 0 Å². The third-order valence-corrected chi connectivity index (χ3v) is 6.22. The Morgan fingerprint density at radius 3 is 2.55 bits per heavy atom. The Hall–Kier alpha value is -2.29. The molecule has 2 aliphatic rings. The van der Waals surface area contributed by atoms with Crippen LogP contribution in [0.5, 0.6) is 0 Å². The van der Waals surface area contributed by atoms with E-state index in [0.717, 1.165) is 49.5 Å². The van der Waals surface area contributed by atoms with Crippen molar-refractivity contribution in [2.24, 2.45) is 4.99 Å². The number of halogens is 2. The van der Waals surface area contributed by atoms with Gasteiger partial charge in [-0.25, -0.2) is 13.8 Å². The number of anilines is 1. The Morgan fingerprint density at radius 1 is 1.21 bits per heavy atom. The van der Waals surface area contributed by atoms with E-state index in [1.54, 1.807) is 0 Å². The second kappa shape index (κ2) is 8.61. The van der Waals surface area contributed by atoms with E-state index in [0.29, 0.717) is 13.0 Å². The van der Waals surface area contributed by atoms with Gasteiger partial charge in [0.05, 0.1) is 0 Å².